The number of benzene rings is 3. The maximum Gasteiger partial charge on any atom is 0.407 e. The van der Waals surface area contributed by atoms with Crippen LogP contribution < -0.4 is 21.3 Å². The van der Waals surface area contributed by atoms with Crippen molar-refractivity contribution in [2.24, 2.45) is 11.8 Å². The smallest absolute Gasteiger partial charge is 0.407 e. The molecule has 1 fully saturated rings. The Morgan fingerprint density at radius 3 is 2.29 bits per heavy atom. The lowest BCUT2D eigenvalue weighted by Gasteiger charge is -2.29. The fraction of sp³-hybridized carbons (Fsp3) is 0.395. The number of hydrogen-bond donors (Lipinski definition) is 5. The minimum absolute atomic E-state index is 0.0209. The lowest BCUT2D eigenvalue weighted by Crippen LogP contribution is -2.48. The number of tetrazole rings is 1. The third kappa shape index (κ3) is 9.56. The zero-order valence-corrected chi connectivity index (χ0v) is 29.1. The van der Waals surface area contributed by atoms with Crippen LogP contribution in [0, 0.1) is 11.8 Å². The van der Waals surface area contributed by atoms with E-state index in [4.69, 9.17) is 4.74 Å². The number of fused-ring (bicyclic) bond motifs is 1. The van der Waals surface area contributed by atoms with Crippen LogP contribution in [0.5, 0.6) is 0 Å². The number of nitrogens with one attached hydrogen (secondary N) is 5. The number of rotatable bonds is 10. The third-order valence-corrected chi connectivity index (χ3v) is 9.27. The average Bonchev–Trinajstić information content (AvgIpc) is 3.66. The molecule has 0 bridgehead atoms. The number of carbonyl (C=O) groups is 4. The summed E-state index contributed by atoms with van der Waals surface area (Å²) in [6.45, 7) is 5.97. The first-order valence-electron chi connectivity index (χ1n) is 17.4. The molecule has 13 nitrogen and oxygen atoms in total. The van der Waals surface area contributed by atoms with Gasteiger partial charge < -0.3 is 26.0 Å². The molecule has 2 heterocycles. The van der Waals surface area contributed by atoms with Crippen molar-refractivity contribution in [1.29, 1.82) is 0 Å². The molecule has 6 rings (SSSR count). The summed E-state index contributed by atoms with van der Waals surface area (Å²) in [5, 5.41) is 25.8. The van der Waals surface area contributed by atoms with E-state index in [9.17, 15) is 19.2 Å². The third-order valence-electron chi connectivity index (χ3n) is 9.27. The Balaban J connectivity index is 1.11. The zero-order valence-electron chi connectivity index (χ0n) is 29.1. The van der Waals surface area contributed by atoms with Gasteiger partial charge in [-0.05, 0) is 117 Å². The van der Waals surface area contributed by atoms with Crippen LogP contribution in [-0.4, -0.2) is 62.6 Å². The van der Waals surface area contributed by atoms with Crippen molar-refractivity contribution < 1.29 is 23.9 Å². The van der Waals surface area contributed by atoms with Crippen molar-refractivity contribution in [2.45, 2.75) is 77.4 Å². The van der Waals surface area contributed by atoms with Crippen molar-refractivity contribution in [3.05, 3.63) is 77.9 Å². The van der Waals surface area contributed by atoms with Crippen molar-refractivity contribution in [2.75, 3.05) is 17.2 Å². The van der Waals surface area contributed by atoms with Gasteiger partial charge in [-0.15, -0.1) is 10.2 Å². The summed E-state index contributed by atoms with van der Waals surface area (Å²) in [5.41, 5.74) is 5.54. The number of carbonyl (C=O) groups excluding carboxylic acids is 4. The molecular weight excluding hydrogens is 648 g/mol. The number of aromatic amines is 1. The lowest BCUT2D eigenvalue weighted by atomic mass is 9.81. The molecule has 2 aliphatic rings. The van der Waals surface area contributed by atoms with Gasteiger partial charge >= 0.3 is 6.09 Å². The molecule has 1 aliphatic heterocycles. The largest absolute Gasteiger partial charge is 0.444 e. The molecule has 5 N–H and O–H groups in total. The zero-order chi connectivity index (χ0) is 36.0. The molecule has 3 aromatic carbocycles. The average molecular weight is 693 g/mol. The second-order valence-electron chi connectivity index (χ2n) is 14.3. The van der Waals surface area contributed by atoms with E-state index in [1.54, 1.807) is 24.3 Å². The first kappa shape index (κ1) is 35.2. The van der Waals surface area contributed by atoms with Crippen LogP contribution in [0.15, 0.2) is 66.7 Å². The molecule has 1 saturated carbocycles. The monoisotopic (exact) mass is 692 g/mol. The predicted molar refractivity (Wildman–Crippen MR) is 192 cm³/mol. The maximum absolute atomic E-state index is 13.7. The van der Waals surface area contributed by atoms with Gasteiger partial charge in [-0.2, -0.15) is 5.21 Å². The summed E-state index contributed by atoms with van der Waals surface area (Å²) in [6, 6.07) is 20.2. The van der Waals surface area contributed by atoms with Gasteiger partial charge in [0.05, 0.1) is 0 Å². The van der Waals surface area contributed by atoms with Crippen LogP contribution in [0.1, 0.15) is 64.0 Å². The molecule has 1 aliphatic carbocycles. The fourth-order valence-electron chi connectivity index (χ4n) is 6.51. The Bertz CT molecular complexity index is 1840. The maximum atomic E-state index is 13.7. The number of ether oxygens (including phenoxy) is 1. The van der Waals surface area contributed by atoms with Gasteiger partial charge in [0.15, 0.2) is 0 Å². The van der Waals surface area contributed by atoms with E-state index in [2.05, 4.69) is 41.9 Å². The van der Waals surface area contributed by atoms with Gasteiger partial charge in [-0.3, -0.25) is 14.4 Å². The summed E-state index contributed by atoms with van der Waals surface area (Å²) in [4.78, 5) is 51.4. The minimum Gasteiger partial charge on any atom is -0.444 e. The van der Waals surface area contributed by atoms with Gasteiger partial charge in [-0.1, -0.05) is 36.4 Å². The van der Waals surface area contributed by atoms with E-state index in [1.807, 2.05) is 63.2 Å². The van der Waals surface area contributed by atoms with Crippen LogP contribution >= 0.6 is 0 Å². The quantitative estimate of drug-likeness (QED) is 0.146. The van der Waals surface area contributed by atoms with Crippen LogP contribution in [0.2, 0.25) is 0 Å². The summed E-state index contributed by atoms with van der Waals surface area (Å²) in [6.07, 6.45) is 3.95. The normalized spacial score (nSPS) is 17.7. The fourth-order valence-corrected chi connectivity index (χ4v) is 6.51. The van der Waals surface area contributed by atoms with Gasteiger partial charge in [0, 0.05) is 42.2 Å². The van der Waals surface area contributed by atoms with E-state index in [0.29, 0.717) is 37.3 Å². The highest BCUT2D eigenvalue weighted by atomic mass is 16.6. The Labute approximate surface area is 296 Å². The van der Waals surface area contributed by atoms with Crippen LogP contribution in [-0.2, 0) is 32.0 Å². The number of alkyl carbamates (subject to hydrolysis) is 1. The molecule has 1 aromatic heterocycles. The Hall–Kier alpha value is -5.59. The molecule has 4 aromatic rings. The Morgan fingerprint density at radius 2 is 1.61 bits per heavy atom. The standard InChI is InChI=1S/C38H44N8O5/c1-38(2,3)51-37(50)39-22-24-6-10-28(11-7-24)35(48)42-32(36(49)40-30-17-14-27(15-18-30)34-43-45-46-44-34)20-23-4-8-25(9-5-23)29-13-12-26-16-19-33(47)41-31(26)21-29/h4-5,8-9,12-15,17-18,21,24,28,32H,6-7,10-11,16,19-20,22H2,1-3H3,(H,39,50)(H,40,49)(H,41,47)(H,42,48)(H,43,44,45,46)/t24?,28?,32-/m0/s1. The molecule has 266 valence electrons. The molecule has 0 saturated heterocycles. The van der Waals surface area contributed by atoms with E-state index in [-0.39, 0.29) is 36.0 Å². The second kappa shape index (κ2) is 15.5. The van der Waals surface area contributed by atoms with Gasteiger partial charge in [0.25, 0.3) is 0 Å². The van der Waals surface area contributed by atoms with Gasteiger partial charge in [0.2, 0.25) is 23.5 Å². The van der Waals surface area contributed by atoms with Gasteiger partial charge in [-0.25, -0.2) is 4.79 Å². The molecule has 4 amide bonds. The number of anilines is 2. The highest BCUT2D eigenvalue weighted by Gasteiger charge is 2.30. The van der Waals surface area contributed by atoms with E-state index < -0.39 is 17.7 Å². The topological polar surface area (TPSA) is 180 Å². The number of aromatic nitrogens is 4. The van der Waals surface area contributed by atoms with E-state index >= 15 is 0 Å². The molecule has 1 atom stereocenters. The summed E-state index contributed by atoms with van der Waals surface area (Å²) < 4.78 is 5.35. The first-order chi connectivity index (χ1) is 24.5. The highest BCUT2D eigenvalue weighted by molar-refractivity contribution is 5.98. The van der Waals surface area contributed by atoms with Crippen molar-refractivity contribution in [3.63, 3.8) is 0 Å². The van der Waals surface area contributed by atoms with Crippen molar-refractivity contribution >= 4 is 35.2 Å². The number of aryl methyl sites for hydroxylation is 1. The highest BCUT2D eigenvalue weighted by Crippen LogP contribution is 2.31. The molecular formula is C38H44N8O5. The SMILES string of the molecule is CC(C)(C)OC(=O)NCC1CCC(C(=O)N[C@@H](Cc2ccc(-c3ccc4c(c3)NC(=O)CC4)cc2)C(=O)Nc2ccc(-c3nn[nH]n3)cc2)CC1. The van der Waals surface area contributed by atoms with Crippen LogP contribution in [0.3, 0.4) is 0 Å². The van der Waals surface area contributed by atoms with E-state index in [1.165, 1.54) is 0 Å². The molecule has 51 heavy (non-hydrogen) atoms. The Kier molecular flexibility index (Phi) is 10.7. The number of amides is 4. The van der Waals surface area contributed by atoms with Crippen molar-refractivity contribution in [3.8, 4) is 22.5 Å². The molecule has 0 radical (unpaired) electrons. The van der Waals surface area contributed by atoms with Crippen molar-refractivity contribution in [1.82, 2.24) is 31.3 Å². The number of nitrogens with zero attached hydrogens (tertiary/aromatic N) is 3. The van der Waals surface area contributed by atoms with E-state index in [0.717, 1.165) is 52.8 Å². The molecule has 0 spiro atoms. The van der Waals surface area contributed by atoms with Gasteiger partial charge in [0.1, 0.15) is 11.6 Å². The summed E-state index contributed by atoms with van der Waals surface area (Å²) in [7, 11) is 0. The predicted octanol–water partition coefficient (Wildman–Crippen LogP) is 5.42. The molecule has 0 unspecified atom stereocenters. The first-order valence-corrected chi connectivity index (χ1v) is 17.4. The van der Waals surface area contributed by atoms with Crippen LogP contribution in [0.25, 0.3) is 22.5 Å². The number of hydrogen-bond acceptors (Lipinski definition) is 8. The van der Waals surface area contributed by atoms with Crippen LogP contribution in [0.4, 0.5) is 16.2 Å². The summed E-state index contributed by atoms with van der Waals surface area (Å²) in [5.74, 6) is -0.0149. The minimum atomic E-state index is -0.828. The number of H-pyrrole nitrogens is 1. The Morgan fingerprint density at radius 1 is 0.902 bits per heavy atom. The second-order valence-corrected chi connectivity index (χ2v) is 14.3. The molecule has 13 heteroatoms. The lowest BCUT2D eigenvalue weighted by molar-refractivity contribution is -0.130. The summed E-state index contributed by atoms with van der Waals surface area (Å²) >= 11 is 0.